The molecule has 0 fully saturated rings. The molecule has 6 nitrogen and oxygen atoms in total. The van der Waals surface area contributed by atoms with Crippen molar-refractivity contribution in [1.82, 2.24) is 0 Å². The summed E-state index contributed by atoms with van der Waals surface area (Å²) < 4.78 is 48.1. The van der Waals surface area contributed by atoms with Gasteiger partial charge in [-0.2, -0.15) is 0 Å². The van der Waals surface area contributed by atoms with Crippen molar-refractivity contribution in [2.75, 3.05) is 26.4 Å². The van der Waals surface area contributed by atoms with Crippen molar-refractivity contribution in [3.8, 4) is 0 Å². The summed E-state index contributed by atoms with van der Waals surface area (Å²) in [4.78, 5) is 0. The van der Waals surface area contributed by atoms with Crippen LogP contribution < -0.4 is 0 Å². The van der Waals surface area contributed by atoms with Gasteiger partial charge in [0.25, 0.3) is 0 Å². The molecule has 0 atom stereocenters. The van der Waals surface area contributed by atoms with E-state index in [4.69, 9.17) is 18.1 Å². The van der Waals surface area contributed by atoms with Gasteiger partial charge in [0, 0.05) is 0 Å². The first-order valence-corrected chi connectivity index (χ1v) is 11.1. The second kappa shape index (κ2) is 9.56. The van der Waals surface area contributed by atoms with Crippen LogP contribution in [0.5, 0.6) is 0 Å². The van der Waals surface area contributed by atoms with Crippen LogP contribution in [0.2, 0.25) is 0 Å². The number of hydrogen-bond acceptors (Lipinski definition) is 6. The Kier molecular flexibility index (Phi) is 9.69. The highest BCUT2D eigenvalue weighted by Crippen LogP contribution is 2.72. The highest BCUT2D eigenvalue weighted by atomic mass is 31.2. The maximum Gasteiger partial charge on any atom is 0.345 e. The van der Waals surface area contributed by atoms with Crippen LogP contribution in [-0.4, -0.2) is 31.8 Å². The van der Waals surface area contributed by atoms with Crippen LogP contribution in [0, 0.1) is 5.41 Å². The fourth-order valence-electron chi connectivity index (χ4n) is 2.08. The third-order valence-corrected chi connectivity index (χ3v) is 8.76. The summed E-state index contributed by atoms with van der Waals surface area (Å²) >= 11 is 0. The Morgan fingerprint density at radius 1 is 0.727 bits per heavy atom. The monoisotopic (exact) mass is 358 g/mol. The third-order valence-electron chi connectivity index (χ3n) is 2.76. The van der Waals surface area contributed by atoms with Gasteiger partial charge in [-0.05, 0) is 39.5 Å². The first-order valence-electron chi connectivity index (χ1n) is 7.86. The van der Waals surface area contributed by atoms with Crippen molar-refractivity contribution in [2.24, 2.45) is 5.41 Å². The van der Waals surface area contributed by atoms with Gasteiger partial charge in [0.05, 0.1) is 26.4 Å². The van der Waals surface area contributed by atoms with Crippen LogP contribution in [0.1, 0.15) is 54.9 Å². The first kappa shape index (κ1) is 22.3. The second-order valence-electron chi connectivity index (χ2n) is 6.00. The molecule has 8 heteroatoms. The molecule has 134 valence electrons. The Labute approximate surface area is 135 Å². The van der Waals surface area contributed by atoms with Crippen LogP contribution in [0.4, 0.5) is 0 Å². The van der Waals surface area contributed by atoms with Gasteiger partial charge in [-0.1, -0.05) is 20.8 Å². The highest BCUT2D eigenvalue weighted by Gasteiger charge is 2.52. The van der Waals surface area contributed by atoms with E-state index in [2.05, 4.69) is 0 Å². The van der Waals surface area contributed by atoms with Crippen molar-refractivity contribution in [3.63, 3.8) is 0 Å². The van der Waals surface area contributed by atoms with E-state index in [1.165, 1.54) is 0 Å². The third kappa shape index (κ3) is 6.82. The lowest BCUT2D eigenvalue weighted by Crippen LogP contribution is -2.23. The summed E-state index contributed by atoms with van der Waals surface area (Å²) in [5.74, 6) is 0. The van der Waals surface area contributed by atoms with Crippen molar-refractivity contribution in [2.45, 2.75) is 60.3 Å². The molecule has 0 spiro atoms. The smallest absolute Gasteiger partial charge is 0.308 e. The van der Waals surface area contributed by atoms with Crippen LogP contribution in [-0.2, 0) is 27.2 Å². The van der Waals surface area contributed by atoms with E-state index in [-0.39, 0.29) is 31.8 Å². The van der Waals surface area contributed by atoms with E-state index in [1.54, 1.807) is 27.7 Å². The van der Waals surface area contributed by atoms with Gasteiger partial charge in [0.15, 0.2) is 5.40 Å². The lowest BCUT2D eigenvalue weighted by atomic mass is 9.93. The van der Waals surface area contributed by atoms with Gasteiger partial charge in [-0.25, -0.2) is 0 Å². The van der Waals surface area contributed by atoms with Gasteiger partial charge in [0.1, 0.15) is 0 Å². The topological polar surface area (TPSA) is 71.1 Å². The molecule has 0 saturated heterocycles. The molecule has 0 N–H and O–H groups in total. The molecule has 0 aromatic heterocycles. The van der Waals surface area contributed by atoms with Crippen molar-refractivity contribution in [3.05, 3.63) is 0 Å². The Hall–Kier alpha value is 0.300. The van der Waals surface area contributed by atoms with E-state index in [9.17, 15) is 9.13 Å². The summed E-state index contributed by atoms with van der Waals surface area (Å²) in [6.45, 7) is 13.7. The van der Waals surface area contributed by atoms with E-state index in [1.807, 2.05) is 20.8 Å². The average Bonchev–Trinajstić information content (AvgIpc) is 2.36. The lowest BCUT2D eigenvalue weighted by molar-refractivity contribution is 0.186. The van der Waals surface area contributed by atoms with E-state index >= 15 is 0 Å². The quantitative estimate of drug-likeness (QED) is 0.468. The summed E-state index contributed by atoms with van der Waals surface area (Å²) in [5.41, 5.74) is -0.238. The summed E-state index contributed by atoms with van der Waals surface area (Å²) in [6.07, 6.45) is 0.349. The molecule has 0 bridgehead atoms. The van der Waals surface area contributed by atoms with Gasteiger partial charge in [-0.15, -0.1) is 0 Å². The van der Waals surface area contributed by atoms with E-state index in [0.29, 0.717) is 6.42 Å². The fraction of sp³-hybridized carbons (Fsp3) is 1.00. The lowest BCUT2D eigenvalue weighted by Gasteiger charge is -2.34. The fourth-order valence-corrected chi connectivity index (χ4v) is 8.09. The molecule has 22 heavy (non-hydrogen) atoms. The van der Waals surface area contributed by atoms with Crippen molar-refractivity contribution in [1.29, 1.82) is 0 Å². The minimum atomic E-state index is -3.62. The SMILES string of the molecule is CCOP(=O)(OCC)C(CC(C)(C)C)P(=O)(OCC)OCC. The predicted octanol–water partition coefficient (Wildman–Crippen LogP) is 5.28. The molecule has 0 saturated carbocycles. The second-order valence-corrected chi connectivity index (χ2v) is 10.8. The Bertz CT molecular complexity index is 355. The van der Waals surface area contributed by atoms with Crippen molar-refractivity contribution < 1.29 is 27.2 Å². The summed E-state index contributed by atoms with van der Waals surface area (Å²) in [6, 6.07) is 0. The molecule has 0 amide bonds. The largest absolute Gasteiger partial charge is 0.345 e. The summed E-state index contributed by atoms with van der Waals surface area (Å²) in [7, 11) is -7.24. The van der Waals surface area contributed by atoms with Crippen LogP contribution in [0.15, 0.2) is 0 Å². The normalized spacial score (nSPS) is 13.8. The molecule has 0 aliphatic rings. The zero-order valence-corrected chi connectivity index (χ0v) is 16.7. The molecule has 0 heterocycles. The van der Waals surface area contributed by atoms with Crippen LogP contribution in [0.25, 0.3) is 0 Å². The number of rotatable bonds is 11. The predicted molar refractivity (Wildman–Crippen MR) is 89.6 cm³/mol. The zero-order chi connectivity index (χ0) is 17.4. The number of hydrogen-bond donors (Lipinski definition) is 0. The van der Waals surface area contributed by atoms with Gasteiger partial charge < -0.3 is 18.1 Å². The van der Waals surface area contributed by atoms with Gasteiger partial charge in [-0.3, -0.25) is 9.13 Å². The standard InChI is InChI=1S/C14H32O6P2/c1-8-17-21(15,18-9-2)13(12-14(5,6)7)22(16,19-10-3)20-11-4/h13H,8-12H2,1-7H3. The Balaban J connectivity index is 5.86. The molecule has 0 rings (SSSR count). The van der Waals surface area contributed by atoms with Crippen LogP contribution >= 0.6 is 15.2 Å². The molecule has 0 aliphatic heterocycles. The van der Waals surface area contributed by atoms with E-state index < -0.39 is 20.6 Å². The minimum absolute atomic E-state index is 0.205. The molecule has 0 unspecified atom stereocenters. The molecular weight excluding hydrogens is 326 g/mol. The summed E-state index contributed by atoms with van der Waals surface area (Å²) in [5, 5.41) is -0.931. The first-order chi connectivity index (χ1) is 10.1. The van der Waals surface area contributed by atoms with Gasteiger partial charge in [0.2, 0.25) is 0 Å². The highest BCUT2D eigenvalue weighted by molar-refractivity contribution is 7.72. The Morgan fingerprint density at radius 2 is 1.00 bits per heavy atom. The van der Waals surface area contributed by atoms with Gasteiger partial charge >= 0.3 is 15.2 Å². The molecule has 0 aliphatic carbocycles. The molecule has 0 aromatic rings. The van der Waals surface area contributed by atoms with Crippen LogP contribution in [0.3, 0.4) is 0 Å². The maximum absolute atomic E-state index is 13.2. The minimum Gasteiger partial charge on any atom is -0.308 e. The molecule has 0 aromatic carbocycles. The van der Waals surface area contributed by atoms with Crippen molar-refractivity contribution >= 4 is 15.2 Å². The molecular formula is C14H32O6P2. The van der Waals surface area contributed by atoms with E-state index in [0.717, 1.165) is 0 Å². The molecule has 0 radical (unpaired) electrons. The maximum atomic E-state index is 13.2. The average molecular weight is 358 g/mol. The zero-order valence-electron chi connectivity index (χ0n) is 15.0. The Morgan fingerprint density at radius 3 is 1.18 bits per heavy atom.